The molecule has 0 aromatic carbocycles. The van der Waals surface area contributed by atoms with Gasteiger partial charge in [-0.1, -0.05) is 0 Å². The highest BCUT2D eigenvalue weighted by molar-refractivity contribution is 7.17. The minimum atomic E-state index is -0.375. The number of aromatic nitrogens is 1. The summed E-state index contributed by atoms with van der Waals surface area (Å²) in [5.74, 6) is -0.536. The van der Waals surface area contributed by atoms with Gasteiger partial charge < -0.3 is 15.2 Å². The van der Waals surface area contributed by atoms with Crippen molar-refractivity contribution >= 4 is 28.2 Å². The summed E-state index contributed by atoms with van der Waals surface area (Å²) in [6, 6.07) is 3.21. The highest BCUT2D eigenvalue weighted by atomic mass is 32.1. The Hall–Kier alpha value is -2.41. The summed E-state index contributed by atoms with van der Waals surface area (Å²) in [5.41, 5.74) is 1.53. The maximum absolute atomic E-state index is 12.6. The average Bonchev–Trinajstić information content (AvgIpc) is 2.91. The van der Waals surface area contributed by atoms with E-state index in [-0.39, 0.29) is 30.3 Å². The number of ether oxygens (including phenoxy) is 1. The van der Waals surface area contributed by atoms with Crippen LogP contribution < -0.4 is 9.88 Å². The Morgan fingerprint density at radius 1 is 1.35 bits per heavy atom. The third kappa shape index (κ3) is 4.22. The molecule has 0 aliphatic heterocycles. The van der Waals surface area contributed by atoms with Crippen LogP contribution in [0.4, 0.5) is 5.00 Å². The molecule has 2 aromatic heterocycles. The summed E-state index contributed by atoms with van der Waals surface area (Å²) in [5, 5.41) is 12.9. The lowest BCUT2D eigenvalue weighted by atomic mass is 9.95. The first kappa shape index (κ1) is 18.4. The topological polar surface area (TPSA) is 79.5 Å². The van der Waals surface area contributed by atoms with E-state index in [1.54, 1.807) is 22.9 Å². The molecule has 1 aliphatic rings. The van der Waals surface area contributed by atoms with Gasteiger partial charge in [0.2, 0.25) is 12.7 Å². The largest absolute Gasteiger partial charge is 0.503 e. The minimum absolute atomic E-state index is 0.0512. The lowest BCUT2D eigenvalue weighted by Crippen LogP contribution is -2.39. The Bertz CT molecular complexity index is 829. The molecule has 1 aliphatic carbocycles. The molecule has 7 heteroatoms. The lowest BCUT2D eigenvalue weighted by Gasteiger charge is -2.14. The molecule has 0 spiro atoms. The van der Waals surface area contributed by atoms with E-state index in [0.29, 0.717) is 10.6 Å². The number of amides is 1. The van der Waals surface area contributed by atoms with Gasteiger partial charge in [-0.25, -0.2) is 4.79 Å². The number of anilines is 1. The number of pyridine rings is 1. The smallest absolute Gasteiger partial charge is 0.341 e. The van der Waals surface area contributed by atoms with Crippen molar-refractivity contribution in [3.63, 3.8) is 0 Å². The zero-order valence-corrected chi connectivity index (χ0v) is 15.8. The van der Waals surface area contributed by atoms with E-state index in [9.17, 15) is 14.7 Å². The van der Waals surface area contributed by atoms with E-state index in [2.05, 4.69) is 5.32 Å². The van der Waals surface area contributed by atoms with Crippen molar-refractivity contribution in [3.8, 4) is 5.75 Å². The van der Waals surface area contributed by atoms with Gasteiger partial charge >= 0.3 is 5.97 Å². The number of carbonyl (C=O) groups excluding carboxylic acids is 2. The molecular weight excluding hydrogens is 352 g/mol. The molecule has 2 heterocycles. The second kappa shape index (κ2) is 7.86. The van der Waals surface area contributed by atoms with E-state index in [4.69, 9.17) is 4.74 Å². The molecule has 0 unspecified atom stereocenters. The summed E-state index contributed by atoms with van der Waals surface area (Å²) in [4.78, 5) is 26.2. The van der Waals surface area contributed by atoms with Crippen molar-refractivity contribution in [2.45, 2.75) is 52.2 Å². The Morgan fingerprint density at radius 3 is 2.85 bits per heavy atom. The number of fused-ring (bicyclic) bond motifs is 1. The summed E-state index contributed by atoms with van der Waals surface area (Å²) < 4.78 is 6.98. The number of hydrogen-bond donors (Lipinski definition) is 2. The first-order chi connectivity index (χ1) is 12.4. The van der Waals surface area contributed by atoms with Crippen LogP contribution in [-0.4, -0.2) is 23.1 Å². The van der Waals surface area contributed by atoms with Crippen molar-refractivity contribution in [2.75, 3.05) is 5.32 Å². The molecule has 26 heavy (non-hydrogen) atoms. The number of rotatable bonds is 5. The third-order valence-electron chi connectivity index (χ3n) is 4.14. The van der Waals surface area contributed by atoms with E-state index >= 15 is 0 Å². The van der Waals surface area contributed by atoms with Gasteiger partial charge in [0.25, 0.3) is 5.91 Å². The first-order valence-electron chi connectivity index (χ1n) is 8.77. The molecule has 2 N–H and O–H groups in total. The molecule has 138 valence electrons. The molecule has 0 atom stereocenters. The molecule has 0 radical (unpaired) electrons. The molecule has 0 fully saturated rings. The Balaban J connectivity index is 1.83. The van der Waals surface area contributed by atoms with Crippen LogP contribution in [0.2, 0.25) is 0 Å². The number of hydrogen-bond acceptors (Lipinski definition) is 5. The van der Waals surface area contributed by atoms with Crippen LogP contribution in [0.1, 0.15) is 47.5 Å². The number of carbonyl (C=O) groups is 2. The van der Waals surface area contributed by atoms with E-state index in [1.807, 2.05) is 13.8 Å². The number of aromatic hydroxyl groups is 1. The van der Waals surface area contributed by atoms with Gasteiger partial charge in [0.1, 0.15) is 5.00 Å². The molecule has 0 saturated carbocycles. The lowest BCUT2D eigenvalue weighted by molar-refractivity contribution is -0.684. The van der Waals surface area contributed by atoms with Crippen LogP contribution in [0.15, 0.2) is 24.5 Å². The van der Waals surface area contributed by atoms with E-state index in [1.165, 1.54) is 17.5 Å². The molecule has 1 amide bonds. The SMILES string of the molecule is CC(C)OC(=O)c1c(NC(=O)C[n+]2cccc(O)c2)sc2c1CCCC2. The quantitative estimate of drug-likeness (QED) is 0.622. The van der Waals surface area contributed by atoms with Gasteiger partial charge in [-0.2, -0.15) is 4.57 Å². The fourth-order valence-corrected chi connectivity index (χ4v) is 4.37. The summed E-state index contributed by atoms with van der Waals surface area (Å²) >= 11 is 1.47. The van der Waals surface area contributed by atoms with Crippen LogP contribution in [0.25, 0.3) is 0 Å². The fourth-order valence-electron chi connectivity index (χ4n) is 3.08. The van der Waals surface area contributed by atoms with Crippen LogP contribution >= 0.6 is 11.3 Å². The number of aryl methyl sites for hydroxylation is 1. The van der Waals surface area contributed by atoms with Gasteiger partial charge in [-0.3, -0.25) is 4.79 Å². The Kier molecular flexibility index (Phi) is 5.56. The number of nitrogens with zero attached hydrogens (tertiary/aromatic N) is 1. The van der Waals surface area contributed by atoms with E-state index < -0.39 is 0 Å². The Morgan fingerprint density at radius 2 is 2.12 bits per heavy atom. The van der Waals surface area contributed by atoms with Crippen molar-refractivity contribution in [2.24, 2.45) is 0 Å². The zero-order valence-electron chi connectivity index (χ0n) is 14.9. The zero-order chi connectivity index (χ0) is 18.7. The highest BCUT2D eigenvalue weighted by Gasteiger charge is 2.28. The van der Waals surface area contributed by atoms with Crippen molar-refractivity contribution in [1.82, 2.24) is 0 Å². The Labute approximate surface area is 156 Å². The van der Waals surface area contributed by atoms with Crippen molar-refractivity contribution in [3.05, 3.63) is 40.5 Å². The highest BCUT2D eigenvalue weighted by Crippen LogP contribution is 2.38. The number of thiophene rings is 1. The van der Waals surface area contributed by atoms with Gasteiger partial charge in [0.15, 0.2) is 11.9 Å². The predicted molar refractivity (Wildman–Crippen MR) is 98.4 cm³/mol. The molecule has 6 nitrogen and oxygen atoms in total. The number of nitrogens with one attached hydrogen (secondary N) is 1. The average molecular weight is 375 g/mol. The maximum Gasteiger partial charge on any atom is 0.341 e. The molecular formula is C19H23N2O4S+. The van der Waals surface area contributed by atoms with Gasteiger partial charge in [0, 0.05) is 10.9 Å². The summed E-state index contributed by atoms with van der Waals surface area (Å²) in [6.45, 7) is 3.68. The molecule has 2 aromatic rings. The van der Waals surface area contributed by atoms with Crippen LogP contribution in [-0.2, 0) is 28.9 Å². The minimum Gasteiger partial charge on any atom is -0.503 e. The fraction of sp³-hybridized carbons (Fsp3) is 0.421. The van der Waals surface area contributed by atoms with Crippen LogP contribution in [0, 0.1) is 0 Å². The van der Waals surface area contributed by atoms with E-state index in [0.717, 1.165) is 36.1 Å². The standard InChI is InChI=1S/C19H22N2O4S/c1-12(2)25-19(24)17-14-7-3-4-8-15(14)26-18(17)20-16(23)11-21-9-5-6-13(22)10-21/h5-6,9-10,12H,3-4,7-8,11H2,1-2H3,(H-,20,22,23,24)/p+1. The van der Waals surface area contributed by atoms with Gasteiger partial charge in [-0.15, -0.1) is 11.3 Å². The third-order valence-corrected chi connectivity index (χ3v) is 5.35. The predicted octanol–water partition coefficient (Wildman–Crippen LogP) is 2.82. The second-order valence-corrected chi connectivity index (χ2v) is 7.76. The molecule has 0 bridgehead atoms. The normalized spacial score (nSPS) is 13.3. The first-order valence-corrected chi connectivity index (χ1v) is 9.59. The van der Waals surface area contributed by atoms with Crippen LogP contribution in [0.5, 0.6) is 5.75 Å². The van der Waals surface area contributed by atoms with Gasteiger partial charge in [-0.05, 0) is 51.2 Å². The summed E-state index contributed by atoms with van der Waals surface area (Å²) in [7, 11) is 0. The summed E-state index contributed by atoms with van der Waals surface area (Å²) in [6.07, 6.45) is 6.87. The monoisotopic (exact) mass is 375 g/mol. The second-order valence-electron chi connectivity index (χ2n) is 6.65. The van der Waals surface area contributed by atoms with Crippen molar-refractivity contribution in [1.29, 1.82) is 0 Å². The number of esters is 1. The maximum atomic E-state index is 12.6. The molecule has 3 rings (SSSR count). The van der Waals surface area contributed by atoms with Gasteiger partial charge in [0.05, 0.1) is 11.7 Å². The van der Waals surface area contributed by atoms with Crippen LogP contribution in [0.3, 0.4) is 0 Å². The molecule has 0 saturated heterocycles. The van der Waals surface area contributed by atoms with Crippen molar-refractivity contribution < 1.29 is 24.0 Å².